The molecule has 8 nitrogen and oxygen atoms in total. The van der Waals surface area contributed by atoms with Crippen LogP contribution >= 0.6 is 11.6 Å². The molecule has 2 aromatic carbocycles. The van der Waals surface area contributed by atoms with E-state index in [2.05, 4.69) is 10.00 Å². The van der Waals surface area contributed by atoms with Crippen LogP contribution in [-0.4, -0.2) is 73.6 Å². The summed E-state index contributed by atoms with van der Waals surface area (Å²) in [4.78, 5) is 17.7. The first-order valence-corrected chi connectivity index (χ1v) is 15.1. The number of aromatic nitrogens is 2. The molecule has 210 valence electrons. The van der Waals surface area contributed by atoms with Gasteiger partial charge in [-0.15, -0.1) is 0 Å². The molecular weight excluding hydrogens is 543 g/mol. The fourth-order valence-corrected chi connectivity index (χ4v) is 8.01. The number of carbonyl (C=O) groups excluding carboxylic acids is 1. The second kappa shape index (κ2) is 10.4. The normalized spacial score (nSPS) is 19.7. The van der Waals surface area contributed by atoms with Crippen molar-refractivity contribution in [2.24, 2.45) is 5.41 Å². The van der Waals surface area contributed by atoms with Gasteiger partial charge in [-0.1, -0.05) is 32.4 Å². The number of carbonyl (C=O) groups is 1. The first kappa shape index (κ1) is 27.9. The molecule has 2 aliphatic rings. The highest BCUT2D eigenvalue weighted by molar-refractivity contribution is 7.91. The van der Waals surface area contributed by atoms with Crippen molar-refractivity contribution in [2.75, 3.05) is 37.5 Å². The molecule has 3 aromatic rings. The number of rotatable bonds is 7. The van der Waals surface area contributed by atoms with Gasteiger partial charge >= 0.3 is 0 Å². The lowest BCUT2D eigenvalue weighted by molar-refractivity contribution is 0.0718. The van der Waals surface area contributed by atoms with Gasteiger partial charge in [-0.05, 0) is 48.6 Å². The maximum Gasteiger partial charge on any atom is 0.255 e. The number of nitrogens with zero attached hydrogens (tertiary/aromatic N) is 4. The van der Waals surface area contributed by atoms with E-state index in [1.54, 1.807) is 30.3 Å². The Morgan fingerprint density at radius 2 is 1.85 bits per heavy atom. The Balaban J connectivity index is 1.54. The molecule has 5 rings (SSSR count). The predicted octanol–water partition coefficient (Wildman–Crippen LogP) is 4.79. The zero-order valence-electron chi connectivity index (χ0n) is 22.7. The number of hydrogen-bond acceptors (Lipinski definition) is 6. The number of halogens is 2. The summed E-state index contributed by atoms with van der Waals surface area (Å²) in [7, 11) is -1.93. The van der Waals surface area contributed by atoms with Crippen LogP contribution in [0.1, 0.15) is 44.0 Å². The summed E-state index contributed by atoms with van der Waals surface area (Å²) in [6.07, 6.45) is 3.43. The minimum Gasteiger partial charge on any atom is -0.383 e. The highest BCUT2D eigenvalue weighted by atomic mass is 35.5. The number of amides is 1. The lowest BCUT2D eigenvalue weighted by Crippen LogP contribution is -2.55. The number of sulfone groups is 1. The molecule has 39 heavy (non-hydrogen) atoms. The van der Waals surface area contributed by atoms with Crippen LogP contribution in [0.4, 0.5) is 10.1 Å². The first-order valence-electron chi connectivity index (χ1n) is 13.1. The van der Waals surface area contributed by atoms with Gasteiger partial charge in [0.25, 0.3) is 5.91 Å². The van der Waals surface area contributed by atoms with Crippen molar-refractivity contribution in [1.29, 1.82) is 0 Å². The van der Waals surface area contributed by atoms with Gasteiger partial charge in [0.2, 0.25) is 0 Å². The molecule has 3 heterocycles. The summed E-state index contributed by atoms with van der Waals surface area (Å²) in [5.41, 5.74) is 1.55. The molecule has 0 spiro atoms. The number of methoxy groups -OCH3 is 1. The molecule has 2 fully saturated rings. The highest BCUT2D eigenvalue weighted by Crippen LogP contribution is 2.41. The Labute approximate surface area is 233 Å². The summed E-state index contributed by atoms with van der Waals surface area (Å²) >= 11 is 6.20. The zero-order chi connectivity index (χ0) is 28.1. The van der Waals surface area contributed by atoms with Crippen molar-refractivity contribution in [3.63, 3.8) is 0 Å². The second-order valence-electron chi connectivity index (χ2n) is 11.7. The van der Waals surface area contributed by atoms with Gasteiger partial charge in [-0.2, -0.15) is 5.10 Å². The van der Waals surface area contributed by atoms with E-state index in [1.165, 1.54) is 12.1 Å². The predicted molar refractivity (Wildman–Crippen MR) is 150 cm³/mol. The smallest absolute Gasteiger partial charge is 0.255 e. The average Bonchev–Trinajstić information content (AvgIpc) is 3.37. The van der Waals surface area contributed by atoms with Crippen LogP contribution in [-0.2, 0) is 21.1 Å². The van der Waals surface area contributed by atoms with Crippen LogP contribution < -0.4 is 4.90 Å². The number of ether oxygens (including phenoxy) is 1. The van der Waals surface area contributed by atoms with Gasteiger partial charge in [0.05, 0.1) is 51.8 Å². The maximum absolute atomic E-state index is 13.6. The van der Waals surface area contributed by atoms with Crippen LogP contribution in [0.2, 0.25) is 5.02 Å². The molecule has 1 amide bonds. The van der Waals surface area contributed by atoms with Crippen LogP contribution in [0.5, 0.6) is 0 Å². The zero-order valence-corrected chi connectivity index (χ0v) is 24.2. The lowest BCUT2D eigenvalue weighted by atomic mass is 10.0. The minimum atomic E-state index is -3.56. The fourth-order valence-electron chi connectivity index (χ4n) is 5.86. The van der Waals surface area contributed by atoms with Crippen LogP contribution in [0.25, 0.3) is 10.9 Å². The summed E-state index contributed by atoms with van der Waals surface area (Å²) in [6.45, 7) is 7.64. The monoisotopic (exact) mass is 576 g/mol. The number of likely N-dealkylation sites (tertiary alicyclic amines) is 1. The molecule has 0 saturated carbocycles. The van der Waals surface area contributed by atoms with E-state index in [-0.39, 0.29) is 39.2 Å². The number of hydrogen-bond donors (Lipinski definition) is 0. The van der Waals surface area contributed by atoms with Gasteiger partial charge in [-0.25, -0.2) is 12.8 Å². The van der Waals surface area contributed by atoms with Crippen molar-refractivity contribution >= 4 is 43.9 Å². The van der Waals surface area contributed by atoms with Crippen molar-refractivity contribution < 1.29 is 22.3 Å². The molecule has 2 saturated heterocycles. The van der Waals surface area contributed by atoms with Gasteiger partial charge in [0.15, 0.2) is 9.84 Å². The quantitative estimate of drug-likeness (QED) is 0.402. The Morgan fingerprint density at radius 1 is 1.15 bits per heavy atom. The van der Waals surface area contributed by atoms with E-state index in [0.29, 0.717) is 26.2 Å². The molecule has 0 aliphatic carbocycles. The summed E-state index contributed by atoms with van der Waals surface area (Å²) in [6, 6.07) is 7.30. The third-order valence-corrected chi connectivity index (χ3v) is 9.90. The van der Waals surface area contributed by atoms with Gasteiger partial charge in [0, 0.05) is 37.7 Å². The third-order valence-electron chi connectivity index (χ3n) is 7.39. The number of piperazine rings is 1. The van der Waals surface area contributed by atoms with Crippen molar-refractivity contribution in [3.05, 3.63) is 52.9 Å². The standard InChI is InChI=1S/C28H34ClFN4O4S/c1-28(2,3)17-39(36,37)22-11-18-14-31-33(9-10-38-4)26(18)25(13-22)34-20-6-7-21(34)16-32(15-20)27(35)23-8-5-19(30)12-24(23)29/h5,8,11-14,20-21H,6-7,9-10,15-17H2,1-4H3/t20-,21+. The lowest BCUT2D eigenvalue weighted by Gasteiger charge is -2.43. The van der Waals surface area contributed by atoms with E-state index in [1.807, 2.05) is 25.5 Å². The molecule has 11 heteroatoms. The topological polar surface area (TPSA) is 84.7 Å². The molecule has 2 atom stereocenters. The average molecular weight is 577 g/mol. The molecule has 0 radical (unpaired) electrons. The van der Waals surface area contributed by atoms with Gasteiger partial charge in [-0.3, -0.25) is 9.48 Å². The van der Waals surface area contributed by atoms with E-state index in [0.717, 1.165) is 35.5 Å². The number of anilines is 1. The fraction of sp³-hybridized carbons (Fsp3) is 0.500. The third kappa shape index (κ3) is 5.51. The van der Waals surface area contributed by atoms with Gasteiger partial charge in [0.1, 0.15) is 5.82 Å². The number of fused-ring (bicyclic) bond motifs is 3. The second-order valence-corrected chi connectivity index (χ2v) is 14.1. The molecule has 2 bridgehead atoms. The van der Waals surface area contributed by atoms with Crippen LogP contribution in [0, 0.1) is 11.2 Å². The largest absolute Gasteiger partial charge is 0.383 e. The molecular formula is C28H34ClFN4O4S. The van der Waals surface area contributed by atoms with E-state index in [4.69, 9.17) is 16.3 Å². The van der Waals surface area contributed by atoms with E-state index < -0.39 is 21.1 Å². The SMILES string of the molecule is COCCn1ncc2cc(S(=O)(=O)CC(C)(C)C)cc(N3[C@@H]4CC[C@H]3CN(C(=O)c3ccc(F)cc3Cl)C4)c21. The van der Waals surface area contributed by atoms with Crippen LogP contribution in [0.15, 0.2) is 41.4 Å². The highest BCUT2D eigenvalue weighted by Gasteiger charge is 2.43. The Kier molecular flexibility index (Phi) is 7.41. The molecule has 2 aliphatic heterocycles. The molecule has 0 unspecified atom stereocenters. The van der Waals surface area contributed by atoms with Crippen molar-refractivity contribution in [2.45, 2.75) is 57.1 Å². The maximum atomic E-state index is 13.6. The Morgan fingerprint density at radius 3 is 2.46 bits per heavy atom. The number of benzene rings is 2. The minimum absolute atomic E-state index is 0.0125. The van der Waals surface area contributed by atoms with Crippen molar-refractivity contribution in [3.8, 4) is 0 Å². The summed E-state index contributed by atoms with van der Waals surface area (Å²) in [5.74, 6) is -0.693. The van der Waals surface area contributed by atoms with Crippen molar-refractivity contribution in [1.82, 2.24) is 14.7 Å². The van der Waals surface area contributed by atoms with E-state index in [9.17, 15) is 17.6 Å². The Bertz CT molecular complexity index is 1500. The van der Waals surface area contributed by atoms with Gasteiger partial charge < -0.3 is 14.5 Å². The summed E-state index contributed by atoms with van der Waals surface area (Å²) in [5, 5.41) is 5.41. The summed E-state index contributed by atoms with van der Waals surface area (Å²) < 4.78 is 47.7. The molecule has 0 N–H and O–H groups in total. The Hall–Kier alpha value is -2.69. The first-order chi connectivity index (χ1) is 18.4. The van der Waals surface area contributed by atoms with E-state index >= 15 is 0 Å². The van der Waals surface area contributed by atoms with Crippen LogP contribution in [0.3, 0.4) is 0 Å². The molecule has 1 aromatic heterocycles.